The molecule has 3 heteroatoms. The standard InChI is InChI=1S/C13H17NS2/c1-2-6-14-12(13-4-3-7-16-13)9-11-5-8-15-10-11/h3-5,7-8,10,12,14H,2,6,9H2,1H3. The van der Waals surface area contributed by atoms with E-state index in [1.165, 1.54) is 16.9 Å². The summed E-state index contributed by atoms with van der Waals surface area (Å²) in [5, 5.41) is 10.2. The van der Waals surface area contributed by atoms with Crippen LogP contribution in [0, 0.1) is 0 Å². The van der Waals surface area contributed by atoms with Gasteiger partial charge in [0.1, 0.15) is 0 Å². The van der Waals surface area contributed by atoms with Crippen molar-refractivity contribution in [2.45, 2.75) is 25.8 Å². The van der Waals surface area contributed by atoms with Crippen LogP contribution in [0.4, 0.5) is 0 Å². The topological polar surface area (TPSA) is 12.0 Å². The molecule has 0 aliphatic carbocycles. The van der Waals surface area contributed by atoms with E-state index >= 15 is 0 Å². The highest BCUT2D eigenvalue weighted by molar-refractivity contribution is 7.10. The van der Waals surface area contributed by atoms with Gasteiger partial charge in [-0.2, -0.15) is 11.3 Å². The molecule has 0 saturated heterocycles. The van der Waals surface area contributed by atoms with Crippen molar-refractivity contribution in [2.75, 3.05) is 6.54 Å². The lowest BCUT2D eigenvalue weighted by atomic mass is 10.1. The minimum absolute atomic E-state index is 0.481. The molecule has 0 spiro atoms. The maximum absolute atomic E-state index is 3.63. The number of hydrogen-bond donors (Lipinski definition) is 1. The molecule has 0 aliphatic heterocycles. The molecule has 1 nitrogen and oxygen atoms in total. The first-order valence-corrected chi connectivity index (χ1v) is 7.50. The monoisotopic (exact) mass is 251 g/mol. The van der Waals surface area contributed by atoms with Crippen LogP contribution < -0.4 is 5.32 Å². The Morgan fingerprint density at radius 3 is 2.88 bits per heavy atom. The van der Waals surface area contributed by atoms with E-state index < -0.39 is 0 Å². The van der Waals surface area contributed by atoms with Crippen molar-refractivity contribution in [3.8, 4) is 0 Å². The molecule has 0 aliphatic rings. The molecule has 86 valence electrons. The zero-order valence-corrected chi connectivity index (χ0v) is 11.1. The maximum atomic E-state index is 3.63. The summed E-state index contributed by atoms with van der Waals surface area (Å²) in [4.78, 5) is 1.44. The first-order valence-electron chi connectivity index (χ1n) is 5.68. The number of thiophene rings is 2. The number of nitrogens with one attached hydrogen (secondary N) is 1. The van der Waals surface area contributed by atoms with Crippen LogP contribution in [0.3, 0.4) is 0 Å². The zero-order valence-electron chi connectivity index (χ0n) is 9.48. The first-order chi connectivity index (χ1) is 7.90. The van der Waals surface area contributed by atoms with Gasteiger partial charge in [0.05, 0.1) is 0 Å². The van der Waals surface area contributed by atoms with E-state index in [0.717, 1.165) is 13.0 Å². The molecule has 2 aromatic rings. The summed E-state index contributed by atoms with van der Waals surface area (Å²) in [6.07, 6.45) is 2.29. The third kappa shape index (κ3) is 3.17. The van der Waals surface area contributed by atoms with Crippen LogP contribution in [0.1, 0.15) is 29.8 Å². The van der Waals surface area contributed by atoms with Crippen molar-refractivity contribution in [3.05, 3.63) is 44.8 Å². The molecule has 0 fully saturated rings. The molecule has 2 heterocycles. The predicted molar refractivity (Wildman–Crippen MR) is 73.4 cm³/mol. The van der Waals surface area contributed by atoms with E-state index in [0.29, 0.717) is 6.04 Å². The molecule has 1 atom stereocenters. The van der Waals surface area contributed by atoms with Gasteiger partial charge in [0.15, 0.2) is 0 Å². The van der Waals surface area contributed by atoms with Crippen LogP contribution in [-0.2, 0) is 6.42 Å². The molecule has 0 saturated carbocycles. The summed E-state index contributed by atoms with van der Waals surface area (Å²) in [6, 6.07) is 7.06. The molecule has 1 unspecified atom stereocenters. The van der Waals surface area contributed by atoms with Gasteiger partial charge in [0.2, 0.25) is 0 Å². The van der Waals surface area contributed by atoms with Gasteiger partial charge in [0.25, 0.3) is 0 Å². The van der Waals surface area contributed by atoms with Crippen LogP contribution >= 0.6 is 22.7 Å². The fraction of sp³-hybridized carbons (Fsp3) is 0.385. The Bertz CT molecular complexity index is 378. The summed E-state index contributed by atoms with van der Waals surface area (Å²) in [5.41, 5.74) is 1.44. The number of rotatable bonds is 6. The lowest BCUT2D eigenvalue weighted by molar-refractivity contribution is 0.537. The average molecular weight is 251 g/mol. The largest absolute Gasteiger partial charge is 0.309 e. The summed E-state index contributed by atoms with van der Waals surface area (Å²) in [5.74, 6) is 0. The quantitative estimate of drug-likeness (QED) is 0.815. The summed E-state index contributed by atoms with van der Waals surface area (Å²) >= 11 is 3.62. The third-order valence-corrected chi connectivity index (χ3v) is 4.27. The van der Waals surface area contributed by atoms with Gasteiger partial charge in [-0.25, -0.2) is 0 Å². The van der Waals surface area contributed by atoms with Gasteiger partial charge < -0.3 is 5.32 Å². The van der Waals surface area contributed by atoms with Crippen LogP contribution in [0.5, 0.6) is 0 Å². The lowest BCUT2D eigenvalue weighted by Gasteiger charge is -2.16. The normalized spacial score (nSPS) is 12.8. The first kappa shape index (κ1) is 11.8. The smallest absolute Gasteiger partial charge is 0.0455 e. The molecular weight excluding hydrogens is 234 g/mol. The highest BCUT2D eigenvalue weighted by Gasteiger charge is 2.12. The van der Waals surface area contributed by atoms with Crippen LogP contribution in [0.2, 0.25) is 0 Å². The summed E-state index contributed by atoms with van der Waals surface area (Å²) in [6.45, 7) is 3.30. The Morgan fingerprint density at radius 2 is 2.25 bits per heavy atom. The van der Waals surface area contributed by atoms with Crippen molar-refractivity contribution in [2.24, 2.45) is 0 Å². The molecule has 0 amide bonds. The fourth-order valence-electron chi connectivity index (χ4n) is 1.73. The summed E-state index contributed by atoms with van der Waals surface area (Å²) < 4.78 is 0. The second-order valence-corrected chi connectivity index (χ2v) is 5.62. The van der Waals surface area contributed by atoms with E-state index in [1.54, 1.807) is 11.3 Å². The molecule has 2 rings (SSSR count). The molecule has 2 aromatic heterocycles. The second-order valence-electron chi connectivity index (χ2n) is 3.86. The minimum atomic E-state index is 0.481. The van der Waals surface area contributed by atoms with E-state index in [1.807, 2.05) is 11.3 Å². The van der Waals surface area contributed by atoms with Crippen molar-refractivity contribution >= 4 is 22.7 Å². The van der Waals surface area contributed by atoms with Gasteiger partial charge in [0, 0.05) is 10.9 Å². The highest BCUT2D eigenvalue weighted by atomic mass is 32.1. The Labute approximate surface area is 105 Å². The number of hydrogen-bond acceptors (Lipinski definition) is 3. The minimum Gasteiger partial charge on any atom is -0.309 e. The SMILES string of the molecule is CCCNC(Cc1ccsc1)c1cccs1. The predicted octanol–water partition coefficient (Wildman–Crippen LogP) is 4.09. The lowest BCUT2D eigenvalue weighted by Crippen LogP contribution is -2.23. The highest BCUT2D eigenvalue weighted by Crippen LogP contribution is 2.23. The maximum Gasteiger partial charge on any atom is 0.0455 e. The van der Waals surface area contributed by atoms with Crippen LogP contribution in [0.25, 0.3) is 0 Å². The summed E-state index contributed by atoms with van der Waals surface area (Å²) in [7, 11) is 0. The second kappa shape index (κ2) is 6.18. The van der Waals surface area contributed by atoms with Gasteiger partial charge in [-0.15, -0.1) is 11.3 Å². The molecular formula is C13H17NS2. The van der Waals surface area contributed by atoms with Gasteiger partial charge >= 0.3 is 0 Å². The van der Waals surface area contributed by atoms with Gasteiger partial charge in [-0.3, -0.25) is 0 Å². The van der Waals surface area contributed by atoms with E-state index in [9.17, 15) is 0 Å². The fourth-order valence-corrected chi connectivity index (χ4v) is 3.21. The van der Waals surface area contributed by atoms with E-state index in [-0.39, 0.29) is 0 Å². The van der Waals surface area contributed by atoms with Crippen molar-refractivity contribution < 1.29 is 0 Å². The van der Waals surface area contributed by atoms with E-state index in [4.69, 9.17) is 0 Å². The average Bonchev–Trinajstić information content (AvgIpc) is 2.96. The van der Waals surface area contributed by atoms with Crippen LogP contribution in [0.15, 0.2) is 34.3 Å². The van der Waals surface area contributed by atoms with Crippen molar-refractivity contribution in [1.29, 1.82) is 0 Å². The van der Waals surface area contributed by atoms with Crippen molar-refractivity contribution in [1.82, 2.24) is 5.32 Å². The van der Waals surface area contributed by atoms with Crippen LogP contribution in [-0.4, -0.2) is 6.54 Å². The van der Waals surface area contributed by atoms with Gasteiger partial charge in [-0.05, 0) is 53.2 Å². The Kier molecular flexibility index (Phi) is 4.57. The third-order valence-electron chi connectivity index (χ3n) is 2.55. The Morgan fingerprint density at radius 1 is 1.31 bits per heavy atom. The Balaban J connectivity index is 2.03. The van der Waals surface area contributed by atoms with E-state index in [2.05, 4.69) is 46.6 Å². The molecule has 1 N–H and O–H groups in total. The zero-order chi connectivity index (χ0) is 11.2. The molecule has 0 radical (unpaired) electrons. The van der Waals surface area contributed by atoms with Gasteiger partial charge in [-0.1, -0.05) is 13.0 Å². The molecule has 0 bridgehead atoms. The molecule has 0 aromatic carbocycles. The Hall–Kier alpha value is -0.640. The van der Waals surface area contributed by atoms with Crippen molar-refractivity contribution in [3.63, 3.8) is 0 Å². The molecule has 16 heavy (non-hydrogen) atoms.